The Hall–Kier alpha value is -1.06. The van der Waals surface area contributed by atoms with Crippen LogP contribution >= 0.6 is 11.6 Å². The molecule has 3 nitrogen and oxygen atoms in total. The van der Waals surface area contributed by atoms with Crippen LogP contribution in [-0.2, 0) is 9.53 Å². The Bertz CT molecular complexity index is 388. The minimum Gasteiger partial charge on any atom is -0.466 e. The fraction of sp³-hybridized carbons (Fsp3) is 0.533. The van der Waals surface area contributed by atoms with E-state index in [1.54, 1.807) is 0 Å². The summed E-state index contributed by atoms with van der Waals surface area (Å²) in [7, 11) is 0. The van der Waals surface area contributed by atoms with Crippen LogP contribution in [0.4, 0.5) is 0 Å². The molecule has 106 valence electrons. The molecule has 0 saturated carbocycles. The van der Waals surface area contributed by atoms with Crippen molar-refractivity contribution in [3.05, 3.63) is 34.9 Å². The van der Waals surface area contributed by atoms with E-state index in [0.29, 0.717) is 18.1 Å². The van der Waals surface area contributed by atoms with Crippen molar-refractivity contribution in [3.63, 3.8) is 0 Å². The van der Waals surface area contributed by atoms with Gasteiger partial charge in [0.2, 0.25) is 0 Å². The zero-order valence-electron chi connectivity index (χ0n) is 11.9. The number of carbonyl (C=O) groups is 1. The number of benzene rings is 1. The maximum absolute atomic E-state index is 11.8. The third kappa shape index (κ3) is 4.84. The predicted molar refractivity (Wildman–Crippen MR) is 78.4 cm³/mol. The van der Waals surface area contributed by atoms with Crippen molar-refractivity contribution < 1.29 is 9.53 Å². The van der Waals surface area contributed by atoms with Crippen molar-refractivity contribution in [2.45, 2.75) is 33.2 Å². The van der Waals surface area contributed by atoms with Crippen molar-refractivity contribution in [2.24, 2.45) is 0 Å². The van der Waals surface area contributed by atoms with Gasteiger partial charge in [-0.1, -0.05) is 37.6 Å². The lowest BCUT2D eigenvalue weighted by Crippen LogP contribution is -2.30. The molecule has 0 heterocycles. The van der Waals surface area contributed by atoms with Gasteiger partial charge in [0.05, 0.1) is 13.0 Å². The number of halogens is 1. The summed E-state index contributed by atoms with van der Waals surface area (Å²) in [5, 5.41) is 0.707. The molecule has 1 aromatic carbocycles. The SMILES string of the molecule is CCOC(=O)CC(c1ccc(Cl)cc1)N(CC)CC. The number of carbonyl (C=O) groups excluding carboxylic acids is 1. The van der Waals surface area contributed by atoms with Crippen molar-refractivity contribution in [2.75, 3.05) is 19.7 Å². The van der Waals surface area contributed by atoms with E-state index < -0.39 is 0 Å². The van der Waals surface area contributed by atoms with Gasteiger partial charge in [0.15, 0.2) is 0 Å². The zero-order chi connectivity index (χ0) is 14.3. The van der Waals surface area contributed by atoms with Crippen molar-refractivity contribution in [3.8, 4) is 0 Å². The van der Waals surface area contributed by atoms with Crippen LogP contribution in [0.2, 0.25) is 5.02 Å². The van der Waals surface area contributed by atoms with Gasteiger partial charge in [0.25, 0.3) is 0 Å². The van der Waals surface area contributed by atoms with Crippen molar-refractivity contribution in [1.82, 2.24) is 4.90 Å². The predicted octanol–water partition coefficient (Wildman–Crippen LogP) is 3.68. The van der Waals surface area contributed by atoms with Crippen LogP contribution < -0.4 is 0 Å². The summed E-state index contributed by atoms with van der Waals surface area (Å²) in [5.74, 6) is -0.158. The van der Waals surface area contributed by atoms with Crippen LogP contribution in [0, 0.1) is 0 Å². The van der Waals surface area contributed by atoms with Crippen LogP contribution in [0.5, 0.6) is 0 Å². The Balaban J connectivity index is 2.91. The molecule has 0 aromatic heterocycles. The molecule has 4 heteroatoms. The molecular formula is C15H22ClNO2. The number of hydrogen-bond donors (Lipinski definition) is 0. The second-order valence-electron chi connectivity index (χ2n) is 4.30. The van der Waals surface area contributed by atoms with Crippen LogP contribution in [0.25, 0.3) is 0 Å². The van der Waals surface area contributed by atoms with Crippen LogP contribution in [0.15, 0.2) is 24.3 Å². The summed E-state index contributed by atoms with van der Waals surface area (Å²) < 4.78 is 5.07. The summed E-state index contributed by atoms with van der Waals surface area (Å²) in [6.07, 6.45) is 0.372. The van der Waals surface area contributed by atoms with E-state index >= 15 is 0 Å². The minimum absolute atomic E-state index is 0.0475. The molecule has 0 fully saturated rings. The molecule has 1 unspecified atom stereocenters. The standard InChI is InChI=1S/C15H22ClNO2/c1-4-17(5-2)14(11-15(18)19-6-3)12-7-9-13(16)10-8-12/h7-10,14H,4-6,11H2,1-3H3. The lowest BCUT2D eigenvalue weighted by atomic mass is 10.0. The molecule has 0 radical (unpaired) electrons. The molecule has 0 aliphatic carbocycles. The second-order valence-corrected chi connectivity index (χ2v) is 4.73. The van der Waals surface area contributed by atoms with E-state index in [1.807, 2.05) is 31.2 Å². The summed E-state index contributed by atoms with van der Waals surface area (Å²) >= 11 is 5.91. The molecule has 0 saturated heterocycles. The van der Waals surface area contributed by atoms with Gasteiger partial charge in [-0.3, -0.25) is 9.69 Å². The average Bonchev–Trinajstić information content (AvgIpc) is 2.40. The highest BCUT2D eigenvalue weighted by molar-refractivity contribution is 6.30. The first-order chi connectivity index (χ1) is 9.12. The summed E-state index contributed by atoms with van der Waals surface area (Å²) in [6, 6.07) is 7.72. The third-order valence-electron chi connectivity index (χ3n) is 3.17. The topological polar surface area (TPSA) is 29.5 Å². The molecule has 0 amide bonds. The van der Waals surface area contributed by atoms with E-state index in [0.717, 1.165) is 18.7 Å². The minimum atomic E-state index is -0.158. The molecule has 0 aliphatic rings. The van der Waals surface area contributed by atoms with E-state index in [9.17, 15) is 4.79 Å². The van der Waals surface area contributed by atoms with Gasteiger partial charge in [-0.05, 0) is 37.7 Å². The Morgan fingerprint density at radius 1 is 1.21 bits per heavy atom. The number of nitrogens with zero attached hydrogens (tertiary/aromatic N) is 1. The number of rotatable bonds is 7. The lowest BCUT2D eigenvalue weighted by Gasteiger charge is -2.29. The fourth-order valence-corrected chi connectivity index (χ4v) is 2.31. The average molecular weight is 284 g/mol. The summed E-state index contributed by atoms with van der Waals surface area (Å²) in [5.41, 5.74) is 1.10. The van der Waals surface area contributed by atoms with Gasteiger partial charge in [-0.2, -0.15) is 0 Å². The van der Waals surface area contributed by atoms with Gasteiger partial charge < -0.3 is 4.74 Å². The molecule has 1 rings (SSSR count). The largest absolute Gasteiger partial charge is 0.466 e. The van der Waals surface area contributed by atoms with E-state index in [-0.39, 0.29) is 12.0 Å². The first-order valence-electron chi connectivity index (χ1n) is 6.77. The summed E-state index contributed by atoms with van der Waals surface area (Å²) in [6.45, 7) is 8.22. The molecular weight excluding hydrogens is 262 g/mol. The Kier molecular flexibility index (Phi) is 6.89. The fourth-order valence-electron chi connectivity index (χ4n) is 2.18. The monoisotopic (exact) mass is 283 g/mol. The van der Waals surface area contributed by atoms with Gasteiger partial charge in [-0.25, -0.2) is 0 Å². The van der Waals surface area contributed by atoms with Gasteiger partial charge >= 0.3 is 5.97 Å². The Morgan fingerprint density at radius 3 is 2.26 bits per heavy atom. The van der Waals surface area contributed by atoms with E-state index in [4.69, 9.17) is 16.3 Å². The maximum atomic E-state index is 11.8. The van der Waals surface area contributed by atoms with Crippen LogP contribution in [0.1, 0.15) is 38.8 Å². The normalized spacial score (nSPS) is 12.5. The molecule has 1 aromatic rings. The molecule has 0 N–H and O–H groups in total. The number of hydrogen-bond acceptors (Lipinski definition) is 3. The lowest BCUT2D eigenvalue weighted by molar-refractivity contribution is -0.144. The van der Waals surface area contributed by atoms with Gasteiger partial charge in [0.1, 0.15) is 0 Å². The van der Waals surface area contributed by atoms with Gasteiger partial charge in [-0.15, -0.1) is 0 Å². The highest BCUT2D eigenvalue weighted by atomic mass is 35.5. The van der Waals surface area contributed by atoms with Crippen molar-refractivity contribution in [1.29, 1.82) is 0 Å². The Morgan fingerprint density at radius 2 is 1.79 bits per heavy atom. The molecule has 0 spiro atoms. The Labute approximate surface area is 120 Å². The van der Waals surface area contributed by atoms with E-state index in [2.05, 4.69) is 18.7 Å². The maximum Gasteiger partial charge on any atom is 0.307 e. The molecule has 0 bridgehead atoms. The van der Waals surface area contributed by atoms with Crippen LogP contribution in [-0.4, -0.2) is 30.6 Å². The number of ether oxygens (including phenoxy) is 1. The first-order valence-corrected chi connectivity index (χ1v) is 7.15. The van der Waals surface area contributed by atoms with Gasteiger partial charge in [0, 0.05) is 11.1 Å². The van der Waals surface area contributed by atoms with E-state index in [1.165, 1.54) is 0 Å². The third-order valence-corrected chi connectivity index (χ3v) is 3.43. The molecule has 19 heavy (non-hydrogen) atoms. The summed E-state index contributed by atoms with van der Waals surface area (Å²) in [4.78, 5) is 14.0. The molecule has 0 aliphatic heterocycles. The second kappa shape index (κ2) is 8.18. The number of esters is 1. The van der Waals surface area contributed by atoms with Crippen LogP contribution in [0.3, 0.4) is 0 Å². The highest BCUT2D eigenvalue weighted by Gasteiger charge is 2.21. The first kappa shape index (κ1) is 16.0. The van der Waals surface area contributed by atoms with Crippen molar-refractivity contribution >= 4 is 17.6 Å². The highest BCUT2D eigenvalue weighted by Crippen LogP contribution is 2.25. The zero-order valence-corrected chi connectivity index (χ0v) is 12.6. The quantitative estimate of drug-likeness (QED) is 0.715. The smallest absolute Gasteiger partial charge is 0.307 e. The molecule has 1 atom stereocenters.